The predicted molar refractivity (Wildman–Crippen MR) is 79.0 cm³/mol. The lowest BCUT2D eigenvalue weighted by Gasteiger charge is -2.26. The van der Waals surface area contributed by atoms with Gasteiger partial charge in [0.2, 0.25) is 5.76 Å². The van der Waals surface area contributed by atoms with E-state index in [1.165, 1.54) is 12.8 Å². The second-order valence-corrected chi connectivity index (χ2v) is 5.73. The van der Waals surface area contributed by atoms with Gasteiger partial charge in [0.25, 0.3) is 0 Å². The second kappa shape index (κ2) is 7.61. The van der Waals surface area contributed by atoms with Gasteiger partial charge >= 0.3 is 5.97 Å². The molecule has 1 aliphatic carbocycles. The fraction of sp³-hybridized carbons (Fsp3) is 0.688. The van der Waals surface area contributed by atoms with Crippen LogP contribution in [0.1, 0.15) is 61.8 Å². The fourth-order valence-electron chi connectivity index (χ4n) is 2.77. The molecule has 0 aromatic carbocycles. The Balaban J connectivity index is 1.79. The summed E-state index contributed by atoms with van der Waals surface area (Å²) in [6.45, 7) is 3.15. The first-order valence-corrected chi connectivity index (χ1v) is 7.82. The molecule has 0 spiro atoms. The van der Waals surface area contributed by atoms with Crippen LogP contribution in [0.15, 0.2) is 16.5 Å². The molecule has 0 aliphatic heterocycles. The first kappa shape index (κ1) is 16.0. The number of ether oxygens (including phenoxy) is 1. The van der Waals surface area contributed by atoms with Gasteiger partial charge in [-0.2, -0.15) is 0 Å². The van der Waals surface area contributed by atoms with Crippen molar-refractivity contribution >= 4 is 5.97 Å². The summed E-state index contributed by atoms with van der Waals surface area (Å²) in [7, 11) is 0. The third kappa shape index (κ3) is 4.86. The Hall–Kier alpha value is -1.33. The van der Waals surface area contributed by atoms with E-state index in [0.29, 0.717) is 25.5 Å². The molecule has 0 bridgehead atoms. The third-order valence-electron chi connectivity index (χ3n) is 3.93. The van der Waals surface area contributed by atoms with E-state index >= 15 is 0 Å². The molecule has 1 aromatic rings. The highest BCUT2D eigenvalue weighted by Gasteiger charge is 2.27. The minimum absolute atomic E-state index is 0.224. The zero-order valence-corrected chi connectivity index (χ0v) is 12.7. The van der Waals surface area contributed by atoms with E-state index in [9.17, 15) is 9.90 Å². The van der Waals surface area contributed by atoms with Gasteiger partial charge in [-0.3, -0.25) is 0 Å². The lowest BCUT2D eigenvalue weighted by atomic mass is 9.94. The Morgan fingerprint density at radius 2 is 2.05 bits per heavy atom. The number of nitrogens with one attached hydrogen (secondary N) is 1. The molecule has 0 unspecified atom stereocenters. The monoisotopic (exact) mass is 295 g/mol. The van der Waals surface area contributed by atoms with Crippen LogP contribution < -0.4 is 5.32 Å². The molecule has 0 atom stereocenters. The van der Waals surface area contributed by atoms with Crippen LogP contribution in [0.3, 0.4) is 0 Å². The first-order chi connectivity index (χ1) is 10.1. The quantitative estimate of drug-likeness (QED) is 0.623. The zero-order valence-electron chi connectivity index (χ0n) is 12.7. The number of aliphatic hydroxyl groups is 1. The van der Waals surface area contributed by atoms with Gasteiger partial charge in [0.15, 0.2) is 0 Å². The summed E-state index contributed by atoms with van der Waals surface area (Å²) in [5, 5.41) is 13.8. The largest absolute Gasteiger partial charge is 0.460 e. The van der Waals surface area contributed by atoms with E-state index in [0.717, 1.165) is 25.7 Å². The minimum atomic E-state index is -0.604. The Morgan fingerprint density at radius 3 is 2.71 bits per heavy atom. The van der Waals surface area contributed by atoms with Gasteiger partial charge in [-0.25, -0.2) is 4.79 Å². The molecule has 0 amide bonds. The fourth-order valence-corrected chi connectivity index (χ4v) is 2.77. The number of carbonyl (C=O) groups is 1. The second-order valence-electron chi connectivity index (χ2n) is 5.73. The first-order valence-electron chi connectivity index (χ1n) is 7.82. The van der Waals surface area contributed by atoms with Crippen LogP contribution in [0.5, 0.6) is 0 Å². The molecule has 2 N–H and O–H groups in total. The summed E-state index contributed by atoms with van der Waals surface area (Å²) >= 11 is 0. The van der Waals surface area contributed by atoms with Gasteiger partial charge < -0.3 is 19.6 Å². The van der Waals surface area contributed by atoms with Crippen molar-refractivity contribution in [3.63, 3.8) is 0 Å². The number of hydrogen-bond donors (Lipinski definition) is 2. The molecule has 1 saturated carbocycles. The standard InChI is InChI=1S/C16H25NO4/c1-2-20-15(18)14-8-7-13(21-14)11-17-12-16(19)9-5-3-4-6-10-16/h7-8,17,19H,2-6,9-12H2,1H3. The summed E-state index contributed by atoms with van der Waals surface area (Å²) < 4.78 is 10.3. The summed E-state index contributed by atoms with van der Waals surface area (Å²) in [5.74, 6) is 0.461. The number of rotatable bonds is 6. The number of hydrogen-bond acceptors (Lipinski definition) is 5. The number of carbonyl (C=O) groups excluding carboxylic acids is 1. The van der Waals surface area contributed by atoms with Crippen molar-refractivity contribution < 1.29 is 19.1 Å². The van der Waals surface area contributed by atoms with Crippen LogP contribution in [-0.4, -0.2) is 29.8 Å². The molecule has 2 rings (SSSR count). The number of esters is 1. The average molecular weight is 295 g/mol. The smallest absolute Gasteiger partial charge is 0.374 e. The molecule has 118 valence electrons. The van der Waals surface area contributed by atoms with Crippen LogP contribution in [0.4, 0.5) is 0 Å². The lowest BCUT2D eigenvalue weighted by molar-refractivity contribution is 0.0245. The molecular formula is C16H25NO4. The molecule has 0 saturated heterocycles. The van der Waals surface area contributed by atoms with E-state index in [1.54, 1.807) is 19.1 Å². The lowest BCUT2D eigenvalue weighted by Crippen LogP contribution is -2.39. The van der Waals surface area contributed by atoms with Crippen molar-refractivity contribution in [2.24, 2.45) is 0 Å². The molecule has 1 aliphatic rings. The van der Waals surface area contributed by atoms with Gasteiger partial charge in [-0.15, -0.1) is 0 Å². The van der Waals surface area contributed by atoms with Gasteiger partial charge in [-0.1, -0.05) is 25.7 Å². The van der Waals surface area contributed by atoms with E-state index in [1.807, 2.05) is 0 Å². The molecule has 1 aromatic heterocycles. The summed E-state index contributed by atoms with van der Waals surface area (Å²) in [5.41, 5.74) is -0.604. The van der Waals surface area contributed by atoms with Crippen LogP contribution >= 0.6 is 0 Å². The van der Waals surface area contributed by atoms with Crippen LogP contribution in [0.2, 0.25) is 0 Å². The predicted octanol–water partition coefficient (Wildman–Crippen LogP) is 2.63. The normalized spacial score (nSPS) is 18.2. The minimum Gasteiger partial charge on any atom is -0.460 e. The van der Waals surface area contributed by atoms with Gasteiger partial charge in [0.05, 0.1) is 18.8 Å². The maximum absolute atomic E-state index is 11.5. The van der Waals surface area contributed by atoms with E-state index < -0.39 is 11.6 Å². The molecule has 0 radical (unpaired) electrons. The van der Waals surface area contributed by atoms with Gasteiger partial charge in [0, 0.05) is 6.54 Å². The molecule has 21 heavy (non-hydrogen) atoms. The van der Waals surface area contributed by atoms with E-state index in [4.69, 9.17) is 9.15 Å². The molecule has 5 heteroatoms. The summed E-state index contributed by atoms with van der Waals surface area (Å²) in [4.78, 5) is 11.5. The third-order valence-corrected chi connectivity index (χ3v) is 3.93. The molecule has 1 heterocycles. The Morgan fingerprint density at radius 1 is 1.33 bits per heavy atom. The van der Waals surface area contributed by atoms with Crippen LogP contribution in [-0.2, 0) is 11.3 Å². The van der Waals surface area contributed by atoms with Crippen molar-refractivity contribution in [1.82, 2.24) is 5.32 Å². The average Bonchev–Trinajstić information content (AvgIpc) is 2.82. The van der Waals surface area contributed by atoms with Crippen molar-refractivity contribution in [2.45, 2.75) is 57.6 Å². The Kier molecular flexibility index (Phi) is 5.82. The van der Waals surface area contributed by atoms with E-state index in [2.05, 4.69) is 5.32 Å². The van der Waals surface area contributed by atoms with Crippen molar-refractivity contribution in [1.29, 1.82) is 0 Å². The topological polar surface area (TPSA) is 71.7 Å². The van der Waals surface area contributed by atoms with Gasteiger partial charge in [-0.05, 0) is 31.9 Å². The SMILES string of the molecule is CCOC(=O)c1ccc(CNCC2(O)CCCCCC2)o1. The van der Waals surface area contributed by atoms with Crippen LogP contribution in [0.25, 0.3) is 0 Å². The van der Waals surface area contributed by atoms with Crippen LogP contribution in [0, 0.1) is 0 Å². The highest BCUT2D eigenvalue weighted by Crippen LogP contribution is 2.26. The number of furan rings is 1. The van der Waals surface area contributed by atoms with E-state index in [-0.39, 0.29) is 5.76 Å². The Labute approximate surface area is 125 Å². The summed E-state index contributed by atoms with van der Waals surface area (Å²) in [6.07, 6.45) is 6.31. The van der Waals surface area contributed by atoms with Crippen molar-refractivity contribution in [3.8, 4) is 0 Å². The highest BCUT2D eigenvalue weighted by atomic mass is 16.5. The molecule has 1 fully saturated rings. The van der Waals surface area contributed by atoms with Crippen molar-refractivity contribution in [3.05, 3.63) is 23.7 Å². The van der Waals surface area contributed by atoms with Crippen molar-refractivity contribution in [2.75, 3.05) is 13.2 Å². The zero-order chi connectivity index (χ0) is 15.1. The van der Waals surface area contributed by atoms with Gasteiger partial charge in [0.1, 0.15) is 5.76 Å². The molecule has 5 nitrogen and oxygen atoms in total. The maximum atomic E-state index is 11.5. The maximum Gasteiger partial charge on any atom is 0.374 e. The highest BCUT2D eigenvalue weighted by molar-refractivity contribution is 5.86. The Bertz CT molecular complexity index is 447. The molecular weight excluding hydrogens is 270 g/mol. The summed E-state index contributed by atoms with van der Waals surface area (Å²) in [6, 6.07) is 3.38.